The summed E-state index contributed by atoms with van der Waals surface area (Å²) < 4.78 is 0.911. The van der Waals surface area contributed by atoms with E-state index in [1.54, 1.807) is 0 Å². The van der Waals surface area contributed by atoms with Gasteiger partial charge in [0.15, 0.2) is 0 Å². The third-order valence-corrected chi connectivity index (χ3v) is 3.45. The first-order valence-corrected chi connectivity index (χ1v) is 6.66. The fourth-order valence-corrected chi connectivity index (χ4v) is 2.47. The Morgan fingerprint density at radius 3 is 2.88 bits per heavy atom. The molecule has 0 bridgehead atoms. The zero-order valence-corrected chi connectivity index (χ0v) is 12.2. The Bertz CT molecular complexity index is 329. The first-order chi connectivity index (χ1) is 7.84. The summed E-state index contributed by atoms with van der Waals surface area (Å²) in [6.07, 6.45) is 4.44. The zero-order chi connectivity index (χ0) is 11.2. The largest absolute Gasteiger partial charge is 0.317 e. The van der Waals surface area contributed by atoms with E-state index in [0.29, 0.717) is 0 Å². The van der Waals surface area contributed by atoms with Crippen LogP contribution < -0.4 is 10.6 Å². The molecule has 1 aliphatic heterocycles. The fraction of sp³-hybridized carbons (Fsp3) is 0.583. The summed E-state index contributed by atoms with van der Waals surface area (Å²) in [5.41, 5.74) is 1.29. The van der Waals surface area contributed by atoms with Gasteiger partial charge in [-0.1, -0.05) is 0 Å². The molecular formula is C12H19BrClN3. The molecule has 1 saturated heterocycles. The molecule has 0 radical (unpaired) electrons. The lowest BCUT2D eigenvalue weighted by Crippen LogP contribution is -2.33. The molecule has 0 aliphatic carbocycles. The number of hydrogen-bond donors (Lipinski definition) is 2. The van der Waals surface area contributed by atoms with Crippen molar-refractivity contribution in [1.82, 2.24) is 15.6 Å². The van der Waals surface area contributed by atoms with Crippen molar-refractivity contribution in [3.05, 3.63) is 28.5 Å². The monoisotopic (exact) mass is 319 g/mol. The molecule has 0 saturated carbocycles. The van der Waals surface area contributed by atoms with E-state index in [9.17, 15) is 0 Å². The molecule has 1 aliphatic rings. The van der Waals surface area contributed by atoms with Crippen molar-refractivity contribution in [1.29, 1.82) is 0 Å². The third kappa shape index (κ3) is 5.34. The molecule has 2 N–H and O–H groups in total. The van der Waals surface area contributed by atoms with E-state index in [0.717, 1.165) is 23.6 Å². The van der Waals surface area contributed by atoms with Gasteiger partial charge in [0.25, 0.3) is 0 Å². The lowest BCUT2D eigenvalue weighted by Gasteiger charge is -2.22. The number of rotatable bonds is 4. The number of nitrogens with zero attached hydrogens (tertiary/aromatic N) is 1. The van der Waals surface area contributed by atoms with Crippen LogP contribution in [0.15, 0.2) is 22.9 Å². The van der Waals surface area contributed by atoms with Crippen molar-refractivity contribution in [2.75, 3.05) is 19.6 Å². The van der Waals surface area contributed by atoms with Crippen LogP contribution in [0.2, 0.25) is 0 Å². The standard InChI is InChI=1S/C12H18BrN3.ClH/c13-12-7-11(3-6-16-12)9-15-8-10-1-4-14-5-2-10;/h3,6-7,10,14-15H,1-2,4-5,8-9H2;1H. The number of aromatic nitrogens is 1. The molecule has 96 valence electrons. The Morgan fingerprint density at radius 2 is 2.18 bits per heavy atom. The van der Waals surface area contributed by atoms with Crippen LogP contribution in [0.5, 0.6) is 0 Å². The lowest BCUT2D eigenvalue weighted by molar-refractivity contribution is 0.356. The van der Waals surface area contributed by atoms with Gasteiger partial charge >= 0.3 is 0 Å². The average molecular weight is 321 g/mol. The molecular weight excluding hydrogens is 302 g/mol. The maximum Gasteiger partial charge on any atom is 0.106 e. The van der Waals surface area contributed by atoms with Gasteiger partial charge in [-0.15, -0.1) is 12.4 Å². The molecule has 3 nitrogen and oxygen atoms in total. The Labute approximate surface area is 117 Å². The Balaban J connectivity index is 0.00000144. The van der Waals surface area contributed by atoms with Crippen LogP contribution in [0.1, 0.15) is 18.4 Å². The van der Waals surface area contributed by atoms with Crippen molar-refractivity contribution >= 4 is 28.3 Å². The second-order valence-electron chi connectivity index (χ2n) is 4.31. The summed E-state index contributed by atoms with van der Waals surface area (Å²) in [4.78, 5) is 4.12. The van der Waals surface area contributed by atoms with Crippen molar-refractivity contribution in [2.45, 2.75) is 19.4 Å². The summed E-state index contributed by atoms with van der Waals surface area (Å²) in [6.45, 7) is 4.41. The molecule has 0 spiro atoms. The molecule has 1 aromatic heterocycles. The average Bonchev–Trinajstić information content (AvgIpc) is 2.30. The van der Waals surface area contributed by atoms with E-state index in [-0.39, 0.29) is 12.4 Å². The molecule has 17 heavy (non-hydrogen) atoms. The number of pyridine rings is 1. The van der Waals surface area contributed by atoms with Crippen LogP contribution in [-0.4, -0.2) is 24.6 Å². The van der Waals surface area contributed by atoms with Gasteiger partial charge in [0.1, 0.15) is 4.60 Å². The topological polar surface area (TPSA) is 37.0 Å². The predicted molar refractivity (Wildman–Crippen MR) is 76.5 cm³/mol. The van der Waals surface area contributed by atoms with Crippen LogP contribution in [-0.2, 0) is 6.54 Å². The van der Waals surface area contributed by atoms with Crippen molar-refractivity contribution < 1.29 is 0 Å². The van der Waals surface area contributed by atoms with Gasteiger partial charge in [0.2, 0.25) is 0 Å². The van der Waals surface area contributed by atoms with Crippen LogP contribution in [0, 0.1) is 5.92 Å². The van der Waals surface area contributed by atoms with Gasteiger partial charge in [0, 0.05) is 12.7 Å². The number of piperidine rings is 1. The van der Waals surface area contributed by atoms with Gasteiger partial charge in [-0.25, -0.2) is 4.98 Å². The number of nitrogens with one attached hydrogen (secondary N) is 2. The van der Waals surface area contributed by atoms with E-state index >= 15 is 0 Å². The van der Waals surface area contributed by atoms with Gasteiger partial charge in [-0.05, 0) is 72.0 Å². The van der Waals surface area contributed by atoms with Gasteiger partial charge in [0.05, 0.1) is 0 Å². The summed E-state index contributed by atoms with van der Waals surface area (Å²) in [5.74, 6) is 0.839. The minimum absolute atomic E-state index is 0. The molecule has 0 aromatic carbocycles. The molecule has 1 fully saturated rings. The van der Waals surface area contributed by atoms with E-state index < -0.39 is 0 Å². The first kappa shape index (κ1) is 14.9. The SMILES string of the molecule is Brc1cc(CNCC2CCNCC2)ccn1.Cl. The van der Waals surface area contributed by atoms with Crippen LogP contribution in [0.25, 0.3) is 0 Å². The van der Waals surface area contributed by atoms with Crippen molar-refractivity contribution in [3.8, 4) is 0 Å². The van der Waals surface area contributed by atoms with E-state index in [4.69, 9.17) is 0 Å². The van der Waals surface area contributed by atoms with Gasteiger partial charge in [-0.2, -0.15) is 0 Å². The zero-order valence-electron chi connectivity index (χ0n) is 9.79. The predicted octanol–water partition coefficient (Wildman–Crippen LogP) is 2.36. The maximum absolute atomic E-state index is 4.12. The molecule has 0 unspecified atom stereocenters. The minimum Gasteiger partial charge on any atom is -0.317 e. The van der Waals surface area contributed by atoms with E-state index in [2.05, 4.69) is 43.7 Å². The maximum atomic E-state index is 4.12. The number of hydrogen-bond acceptors (Lipinski definition) is 3. The summed E-state index contributed by atoms with van der Waals surface area (Å²) in [7, 11) is 0. The second-order valence-corrected chi connectivity index (χ2v) is 5.12. The molecule has 0 amide bonds. The smallest absolute Gasteiger partial charge is 0.106 e. The Hall–Kier alpha value is -0.160. The fourth-order valence-electron chi connectivity index (χ4n) is 2.06. The molecule has 2 heterocycles. The van der Waals surface area contributed by atoms with Crippen LogP contribution in [0.3, 0.4) is 0 Å². The highest BCUT2D eigenvalue weighted by molar-refractivity contribution is 9.10. The Morgan fingerprint density at radius 1 is 1.41 bits per heavy atom. The quantitative estimate of drug-likeness (QED) is 0.836. The molecule has 2 rings (SSSR count). The van der Waals surface area contributed by atoms with Gasteiger partial charge in [-0.3, -0.25) is 0 Å². The molecule has 5 heteroatoms. The highest BCUT2D eigenvalue weighted by atomic mass is 79.9. The summed E-state index contributed by atoms with van der Waals surface area (Å²) >= 11 is 3.38. The molecule has 1 aromatic rings. The highest BCUT2D eigenvalue weighted by Crippen LogP contribution is 2.11. The molecule has 0 atom stereocenters. The van der Waals surface area contributed by atoms with Crippen LogP contribution >= 0.6 is 28.3 Å². The highest BCUT2D eigenvalue weighted by Gasteiger charge is 2.11. The number of halogens is 2. The van der Waals surface area contributed by atoms with E-state index in [1.807, 2.05) is 6.20 Å². The van der Waals surface area contributed by atoms with Crippen molar-refractivity contribution in [2.24, 2.45) is 5.92 Å². The van der Waals surface area contributed by atoms with Gasteiger partial charge < -0.3 is 10.6 Å². The lowest BCUT2D eigenvalue weighted by atomic mass is 9.98. The van der Waals surface area contributed by atoms with Crippen LogP contribution in [0.4, 0.5) is 0 Å². The third-order valence-electron chi connectivity index (χ3n) is 3.01. The second kappa shape index (κ2) is 8.03. The first-order valence-electron chi connectivity index (χ1n) is 5.86. The minimum atomic E-state index is 0. The summed E-state index contributed by atoms with van der Waals surface area (Å²) in [5, 5.41) is 6.91. The normalized spacial score (nSPS) is 16.5. The summed E-state index contributed by atoms with van der Waals surface area (Å²) in [6, 6.07) is 4.12. The van der Waals surface area contributed by atoms with E-state index in [1.165, 1.54) is 31.5 Å². The Kier molecular flexibility index (Phi) is 7.04. The van der Waals surface area contributed by atoms with Crippen molar-refractivity contribution in [3.63, 3.8) is 0 Å².